The third-order valence-electron chi connectivity index (χ3n) is 7.25. The molecule has 40 heavy (non-hydrogen) atoms. The third-order valence-corrected chi connectivity index (χ3v) is 7.25. The minimum absolute atomic E-state index is 0.0865. The quantitative estimate of drug-likeness (QED) is 0.305. The van der Waals surface area contributed by atoms with Crippen molar-refractivity contribution in [2.75, 3.05) is 26.4 Å². The van der Waals surface area contributed by atoms with Crippen molar-refractivity contribution in [3.05, 3.63) is 114 Å². The van der Waals surface area contributed by atoms with Crippen LogP contribution in [-0.2, 0) is 29.0 Å². The first-order valence-corrected chi connectivity index (χ1v) is 13.7. The van der Waals surface area contributed by atoms with E-state index in [4.69, 9.17) is 9.47 Å². The second-order valence-corrected chi connectivity index (χ2v) is 10.0. The van der Waals surface area contributed by atoms with Gasteiger partial charge in [0, 0.05) is 49.3 Å². The van der Waals surface area contributed by atoms with Gasteiger partial charge in [0.2, 0.25) is 5.91 Å². The van der Waals surface area contributed by atoms with Gasteiger partial charge in [-0.2, -0.15) is 5.10 Å². The minimum atomic E-state index is 0.0865. The summed E-state index contributed by atoms with van der Waals surface area (Å²) in [5.41, 5.74) is 6.59. The van der Waals surface area contributed by atoms with E-state index >= 15 is 0 Å². The van der Waals surface area contributed by atoms with E-state index in [1.807, 2.05) is 58.4 Å². The first-order valence-electron chi connectivity index (χ1n) is 13.7. The van der Waals surface area contributed by atoms with Crippen molar-refractivity contribution < 1.29 is 14.3 Å². The number of rotatable bonds is 4. The van der Waals surface area contributed by atoms with Crippen LogP contribution in [0.25, 0.3) is 22.0 Å². The van der Waals surface area contributed by atoms with Crippen LogP contribution < -0.4 is 4.74 Å². The van der Waals surface area contributed by atoms with E-state index in [0.29, 0.717) is 45.9 Å². The molecule has 0 saturated carbocycles. The normalized spacial score (nSPS) is 14.2. The fourth-order valence-electron chi connectivity index (χ4n) is 5.19. The Bertz CT molecular complexity index is 1600. The largest absolute Gasteiger partial charge is 0.491 e. The van der Waals surface area contributed by atoms with Crippen molar-refractivity contribution in [2.24, 2.45) is 0 Å². The van der Waals surface area contributed by atoms with Crippen LogP contribution in [0, 0.1) is 0 Å². The maximum absolute atomic E-state index is 13.4. The van der Waals surface area contributed by atoms with E-state index in [2.05, 4.69) is 52.5 Å². The predicted octanol–water partition coefficient (Wildman–Crippen LogP) is 5.52. The van der Waals surface area contributed by atoms with E-state index in [9.17, 15) is 4.79 Å². The second-order valence-electron chi connectivity index (χ2n) is 10.0. The summed E-state index contributed by atoms with van der Waals surface area (Å²) in [4.78, 5) is 19.6. The maximum atomic E-state index is 13.4. The third kappa shape index (κ3) is 6.05. The number of pyridine rings is 1. The molecule has 2 aromatic heterocycles. The first-order chi connectivity index (χ1) is 19.7. The van der Waals surface area contributed by atoms with Crippen LogP contribution in [0.4, 0.5) is 0 Å². The van der Waals surface area contributed by atoms with Crippen LogP contribution in [0.1, 0.15) is 23.1 Å². The molecule has 0 saturated heterocycles. The van der Waals surface area contributed by atoms with Gasteiger partial charge < -0.3 is 14.4 Å². The van der Waals surface area contributed by atoms with Gasteiger partial charge in [-0.15, -0.1) is 0 Å². The van der Waals surface area contributed by atoms with Crippen LogP contribution in [0.15, 0.2) is 97.5 Å². The molecule has 7 heteroatoms. The molecule has 7 nitrogen and oxygen atoms in total. The molecule has 0 spiro atoms. The van der Waals surface area contributed by atoms with Crippen LogP contribution in [0.5, 0.6) is 5.75 Å². The highest BCUT2D eigenvalue weighted by molar-refractivity contribution is 5.79. The Balaban J connectivity index is 1.21. The number of aromatic nitrogens is 3. The van der Waals surface area contributed by atoms with Crippen LogP contribution in [0.3, 0.4) is 0 Å². The van der Waals surface area contributed by atoms with Crippen molar-refractivity contribution in [3.63, 3.8) is 0 Å². The summed E-state index contributed by atoms with van der Waals surface area (Å²) in [6, 6.07) is 26.8. The lowest BCUT2D eigenvalue weighted by Crippen LogP contribution is -2.34. The van der Waals surface area contributed by atoms with Gasteiger partial charge in [0.15, 0.2) is 0 Å². The van der Waals surface area contributed by atoms with E-state index in [1.165, 1.54) is 5.56 Å². The van der Waals surface area contributed by atoms with Gasteiger partial charge in [-0.05, 0) is 46.5 Å². The molecular weight excluding hydrogens is 500 g/mol. The number of carbonyl (C=O) groups is 1. The molecule has 202 valence electrons. The molecule has 0 aliphatic carbocycles. The Labute approximate surface area is 234 Å². The number of carbonyl (C=O) groups excluding carboxylic acids is 1. The van der Waals surface area contributed by atoms with Gasteiger partial charge in [0.25, 0.3) is 0 Å². The Morgan fingerprint density at radius 2 is 1.77 bits per heavy atom. The molecule has 5 aromatic rings. The van der Waals surface area contributed by atoms with Crippen molar-refractivity contribution in [2.45, 2.75) is 25.9 Å². The number of hydrogen-bond acceptors (Lipinski definition) is 5. The highest BCUT2D eigenvalue weighted by Crippen LogP contribution is 2.29. The summed E-state index contributed by atoms with van der Waals surface area (Å²) < 4.78 is 13.9. The molecule has 1 aliphatic heterocycles. The topological polar surface area (TPSA) is 69.5 Å². The number of fused-ring (bicyclic) bond motifs is 4. The lowest BCUT2D eigenvalue weighted by molar-refractivity contribution is -0.133. The summed E-state index contributed by atoms with van der Waals surface area (Å²) in [5.74, 6) is 0.949. The zero-order valence-corrected chi connectivity index (χ0v) is 22.4. The smallest absolute Gasteiger partial charge is 0.224 e. The van der Waals surface area contributed by atoms with Gasteiger partial charge in [-0.25, -0.2) is 0 Å². The first kappa shape index (κ1) is 25.8. The van der Waals surface area contributed by atoms with Crippen LogP contribution >= 0.6 is 0 Å². The van der Waals surface area contributed by atoms with E-state index in [1.54, 1.807) is 6.20 Å². The molecule has 0 atom stereocenters. The van der Waals surface area contributed by atoms with Crippen LogP contribution in [0.2, 0.25) is 0 Å². The van der Waals surface area contributed by atoms with Gasteiger partial charge in [-0.1, -0.05) is 54.6 Å². The van der Waals surface area contributed by atoms with Gasteiger partial charge in [0.1, 0.15) is 12.4 Å². The van der Waals surface area contributed by atoms with Crippen molar-refractivity contribution in [3.8, 4) is 16.9 Å². The number of amides is 1. The summed E-state index contributed by atoms with van der Waals surface area (Å²) >= 11 is 0. The van der Waals surface area contributed by atoms with Gasteiger partial charge in [0.05, 0.1) is 31.5 Å². The standard InChI is InChI=1S/C33H32N4O3/c38-33(12-14-37-31-9-2-1-7-29(31)23-35-37)36-15-16-39-17-18-40-32-11-10-27(28-8-4-13-34-22-28)21-30(32)20-25-5-3-6-26(19-25)24-36/h1-11,13,19,21-23H,12,14-18,20,24H2. The predicted molar refractivity (Wildman–Crippen MR) is 155 cm³/mol. The summed E-state index contributed by atoms with van der Waals surface area (Å²) in [6.45, 7) is 2.94. The molecule has 6 rings (SSSR count). The Morgan fingerprint density at radius 3 is 2.70 bits per heavy atom. The number of ether oxygens (including phenoxy) is 2. The molecule has 3 aromatic carbocycles. The van der Waals surface area contributed by atoms with E-state index in [0.717, 1.165) is 45.3 Å². The minimum Gasteiger partial charge on any atom is -0.491 e. The summed E-state index contributed by atoms with van der Waals surface area (Å²) in [7, 11) is 0. The number of benzene rings is 3. The SMILES string of the molecule is O=C(CCn1ncc2ccccc21)N1CCOCCOc2ccc(-c3cccnc3)cc2Cc2cccc(c2)C1. The number of hydrogen-bond donors (Lipinski definition) is 0. The summed E-state index contributed by atoms with van der Waals surface area (Å²) in [5, 5.41) is 5.56. The Kier molecular flexibility index (Phi) is 7.82. The Hall–Kier alpha value is -4.49. The van der Waals surface area contributed by atoms with Gasteiger partial charge in [-0.3, -0.25) is 14.5 Å². The van der Waals surface area contributed by atoms with E-state index < -0.39 is 0 Å². The molecule has 0 N–H and O–H groups in total. The molecular formula is C33H32N4O3. The fourth-order valence-corrected chi connectivity index (χ4v) is 5.19. The van der Waals surface area contributed by atoms with Crippen molar-refractivity contribution in [1.82, 2.24) is 19.7 Å². The zero-order valence-electron chi connectivity index (χ0n) is 22.4. The maximum Gasteiger partial charge on any atom is 0.224 e. The molecule has 2 bridgehead atoms. The monoisotopic (exact) mass is 532 g/mol. The lowest BCUT2D eigenvalue weighted by Gasteiger charge is -2.24. The average molecular weight is 533 g/mol. The molecule has 0 unspecified atom stereocenters. The lowest BCUT2D eigenvalue weighted by atomic mass is 9.98. The van der Waals surface area contributed by atoms with Crippen LogP contribution in [-0.4, -0.2) is 51.9 Å². The number of nitrogens with zero attached hydrogens (tertiary/aromatic N) is 4. The molecule has 3 heterocycles. The molecule has 0 radical (unpaired) electrons. The average Bonchev–Trinajstić information content (AvgIpc) is 3.41. The second kappa shape index (κ2) is 12.1. The van der Waals surface area contributed by atoms with Gasteiger partial charge >= 0.3 is 0 Å². The number of aryl methyl sites for hydroxylation is 1. The molecule has 1 amide bonds. The fraction of sp³-hybridized carbons (Fsp3) is 0.242. The number of para-hydroxylation sites is 1. The summed E-state index contributed by atoms with van der Waals surface area (Å²) in [6.07, 6.45) is 6.60. The van der Waals surface area contributed by atoms with E-state index in [-0.39, 0.29) is 5.91 Å². The molecule has 1 aliphatic rings. The van der Waals surface area contributed by atoms with Crippen molar-refractivity contribution in [1.29, 1.82) is 0 Å². The zero-order chi connectivity index (χ0) is 27.1. The highest BCUT2D eigenvalue weighted by atomic mass is 16.5. The Morgan fingerprint density at radius 1 is 0.850 bits per heavy atom. The van der Waals surface area contributed by atoms with Crippen molar-refractivity contribution >= 4 is 16.8 Å². The highest BCUT2D eigenvalue weighted by Gasteiger charge is 2.17. The molecule has 0 fully saturated rings.